The molecule has 3 aliphatic rings. The maximum atomic E-state index is 2.59. The first-order chi connectivity index (χ1) is 21.7. The molecule has 0 fully saturated rings. The summed E-state index contributed by atoms with van der Waals surface area (Å²) in [6.45, 7) is 4.81. The van der Waals surface area contributed by atoms with Crippen molar-refractivity contribution < 1.29 is 0 Å². The summed E-state index contributed by atoms with van der Waals surface area (Å²) in [5.41, 5.74) is 18.8. The van der Waals surface area contributed by atoms with E-state index in [2.05, 4.69) is 153 Å². The van der Waals surface area contributed by atoms with Gasteiger partial charge in [-0.2, -0.15) is 0 Å². The lowest BCUT2D eigenvalue weighted by Gasteiger charge is -2.28. The third-order valence-electron chi connectivity index (χ3n) is 10.5. The average Bonchev–Trinajstić information content (AvgIpc) is 3.61. The second-order valence-electron chi connectivity index (χ2n) is 12.8. The SMILES string of the molecule is CCC(C)C1=Cc2ccc3c(-c4cc(-c5ccccc5)cc(-c5ccccc5)c4)c2C1[SiH]1c2ccccc2-c2cccc-3c21. The summed E-state index contributed by atoms with van der Waals surface area (Å²) >= 11 is 0. The molecular formula is C43H34Si. The van der Waals surface area contributed by atoms with Crippen molar-refractivity contribution in [2.24, 2.45) is 5.92 Å². The van der Waals surface area contributed by atoms with Crippen LogP contribution >= 0.6 is 0 Å². The molecule has 0 radical (unpaired) electrons. The van der Waals surface area contributed by atoms with Crippen LogP contribution in [0.2, 0.25) is 0 Å². The van der Waals surface area contributed by atoms with Crippen LogP contribution in [0.4, 0.5) is 0 Å². The van der Waals surface area contributed by atoms with E-state index >= 15 is 0 Å². The molecule has 0 nitrogen and oxygen atoms in total. The maximum absolute atomic E-state index is 2.59. The van der Waals surface area contributed by atoms with Gasteiger partial charge >= 0.3 is 0 Å². The van der Waals surface area contributed by atoms with Gasteiger partial charge in [-0.15, -0.1) is 0 Å². The van der Waals surface area contributed by atoms with E-state index in [-0.39, 0.29) is 0 Å². The average molecular weight is 579 g/mol. The zero-order valence-corrected chi connectivity index (χ0v) is 26.4. The molecule has 2 heterocycles. The molecule has 3 unspecified atom stereocenters. The van der Waals surface area contributed by atoms with Crippen molar-refractivity contribution in [3.8, 4) is 55.6 Å². The highest BCUT2D eigenvalue weighted by molar-refractivity contribution is 6.92. The smallest absolute Gasteiger partial charge is 0.0648 e. The molecule has 6 aromatic rings. The molecule has 0 N–H and O–H groups in total. The van der Waals surface area contributed by atoms with Crippen molar-refractivity contribution in [3.63, 3.8) is 0 Å². The van der Waals surface area contributed by atoms with Gasteiger partial charge in [0.05, 0.1) is 0 Å². The summed E-state index contributed by atoms with van der Waals surface area (Å²) in [4.78, 5) is 0. The van der Waals surface area contributed by atoms with Crippen LogP contribution in [0.1, 0.15) is 36.9 Å². The maximum Gasteiger partial charge on any atom is 0.116 e. The molecule has 2 bridgehead atoms. The lowest BCUT2D eigenvalue weighted by atomic mass is 9.84. The molecule has 3 atom stereocenters. The Morgan fingerprint density at radius 2 is 1.16 bits per heavy atom. The topological polar surface area (TPSA) is 0 Å². The van der Waals surface area contributed by atoms with E-state index in [1.54, 1.807) is 21.5 Å². The fourth-order valence-electron chi connectivity index (χ4n) is 8.36. The normalized spacial score (nSPS) is 17.5. The van der Waals surface area contributed by atoms with Gasteiger partial charge in [-0.3, -0.25) is 0 Å². The standard InChI is InChI=1S/C43H34Si/c1-3-27(2)38-26-30-21-22-35-37-19-12-18-36-34-17-10-11-20-39(34)44(42(36)37)43(38)41(30)40(35)33-24-31(28-13-6-4-7-14-28)23-32(25-33)29-15-8-5-9-16-29/h4-27,43-44H,3H2,1-2H3. The fourth-order valence-corrected chi connectivity index (χ4v) is 12.9. The van der Waals surface area contributed by atoms with Gasteiger partial charge < -0.3 is 0 Å². The zero-order valence-electron chi connectivity index (χ0n) is 25.2. The number of hydrogen-bond donors (Lipinski definition) is 0. The summed E-state index contributed by atoms with van der Waals surface area (Å²) in [5, 5.41) is 3.28. The Morgan fingerprint density at radius 1 is 0.568 bits per heavy atom. The van der Waals surface area contributed by atoms with E-state index in [1.165, 1.54) is 61.2 Å². The summed E-state index contributed by atoms with van der Waals surface area (Å²) in [7, 11) is -1.64. The number of hydrogen-bond acceptors (Lipinski definition) is 0. The van der Waals surface area contributed by atoms with E-state index in [9.17, 15) is 0 Å². The third-order valence-corrected chi connectivity index (χ3v) is 14.3. The number of rotatable bonds is 5. The van der Waals surface area contributed by atoms with Gasteiger partial charge in [-0.25, -0.2) is 0 Å². The van der Waals surface area contributed by atoms with E-state index in [0.717, 1.165) is 6.42 Å². The molecule has 2 aliphatic heterocycles. The molecule has 0 aromatic heterocycles. The zero-order chi connectivity index (χ0) is 29.4. The van der Waals surface area contributed by atoms with Gasteiger partial charge in [-0.1, -0.05) is 141 Å². The molecular weight excluding hydrogens is 545 g/mol. The Balaban J connectivity index is 1.38. The van der Waals surface area contributed by atoms with E-state index in [1.807, 2.05) is 0 Å². The summed E-state index contributed by atoms with van der Waals surface area (Å²) in [5.74, 6) is 0.549. The Labute approximate surface area is 262 Å². The molecule has 1 heteroatoms. The Bertz CT molecular complexity index is 2060. The molecule has 6 aromatic carbocycles. The van der Waals surface area contributed by atoms with Crippen LogP contribution in [-0.4, -0.2) is 8.80 Å². The monoisotopic (exact) mass is 578 g/mol. The van der Waals surface area contributed by atoms with E-state index in [4.69, 9.17) is 0 Å². The van der Waals surface area contributed by atoms with Crippen LogP contribution in [0.5, 0.6) is 0 Å². The van der Waals surface area contributed by atoms with Crippen molar-refractivity contribution in [1.82, 2.24) is 0 Å². The van der Waals surface area contributed by atoms with Crippen LogP contribution in [-0.2, 0) is 0 Å². The Hall–Kier alpha value is -4.72. The first-order valence-electron chi connectivity index (χ1n) is 16.1. The second kappa shape index (κ2) is 9.91. The lowest BCUT2D eigenvalue weighted by molar-refractivity contribution is 0.641. The van der Waals surface area contributed by atoms with Gasteiger partial charge in [0.1, 0.15) is 8.80 Å². The van der Waals surface area contributed by atoms with Crippen LogP contribution in [0.25, 0.3) is 61.7 Å². The van der Waals surface area contributed by atoms with Crippen LogP contribution in [0, 0.1) is 5.92 Å². The molecule has 1 aliphatic carbocycles. The van der Waals surface area contributed by atoms with Crippen LogP contribution < -0.4 is 10.4 Å². The van der Waals surface area contributed by atoms with Gasteiger partial charge in [0.15, 0.2) is 0 Å². The number of allylic oxidation sites excluding steroid dienone is 1. The molecule has 210 valence electrons. The van der Waals surface area contributed by atoms with Crippen LogP contribution in [0.15, 0.2) is 139 Å². The largest absolute Gasteiger partial charge is 0.116 e. The van der Waals surface area contributed by atoms with Gasteiger partial charge in [0.2, 0.25) is 0 Å². The molecule has 0 amide bonds. The summed E-state index contributed by atoms with van der Waals surface area (Å²) in [6, 6.07) is 50.4. The molecule has 0 saturated heterocycles. The van der Waals surface area contributed by atoms with Crippen molar-refractivity contribution in [2.75, 3.05) is 0 Å². The minimum atomic E-state index is -1.64. The van der Waals surface area contributed by atoms with E-state index < -0.39 is 8.80 Å². The molecule has 44 heavy (non-hydrogen) atoms. The molecule has 9 rings (SSSR count). The first kappa shape index (κ1) is 25.7. The Morgan fingerprint density at radius 3 is 1.84 bits per heavy atom. The summed E-state index contributed by atoms with van der Waals surface area (Å²) < 4.78 is 0. The highest BCUT2D eigenvalue weighted by Crippen LogP contribution is 2.54. The molecule has 0 saturated carbocycles. The Kier molecular flexibility index (Phi) is 5.80. The second-order valence-corrected chi connectivity index (χ2v) is 15.6. The quantitative estimate of drug-likeness (QED) is 0.179. The van der Waals surface area contributed by atoms with Crippen molar-refractivity contribution in [2.45, 2.75) is 25.8 Å². The minimum Gasteiger partial charge on any atom is -0.0648 e. The van der Waals surface area contributed by atoms with Gasteiger partial charge in [-0.05, 0) is 108 Å². The minimum absolute atomic E-state index is 0.460. The highest BCUT2D eigenvalue weighted by atomic mass is 28.3. The fraction of sp³-hybridized carbons (Fsp3) is 0.116. The number of fused-ring (bicyclic) bond motifs is 6. The van der Waals surface area contributed by atoms with Crippen molar-refractivity contribution in [3.05, 3.63) is 150 Å². The van der Waals surface area contributed by atoms with Gasteiger partial charge in [0, 0.05) is 5.54 Å². The van der Waals surface area contributed by atoms with Crippen molar-refractivity contribution >= 4 is 25.2 Å². The molecule has 0 spiro atoms. The highest BCUT2D eigenvalue weighted by Gasteiger charge is 2.46. The van der Waals surface area contributed by atoms with Crippen molar-refractivity contribution in [1.29, 1.82) is 0 Å². The first-order valence-corrected chi connectivity index (χ1v) is 17.9. The lowest BCUT2D eigenvalue weighted by Crippen LogP contribution is -2.45. The van der Waals surface area contributed by atoms with E-state index in [0.29, 0.717) is 11.5 Å². The predicted molar refractivity (Wildman–Crippen MR) is 190 cm³/mol. The number of benzene rings is 6. The predicted octanol–water partition coefficient (Wildman–Crippen LogP) is 9.76. The third kappa shape index (κ3) is 3.69. The van der Waals surface area contributed by atoms with Crippen LogP contribution in [0.3, 0.4) is 0 Å². The van der Waals surface area contributed by atoms with Gasteiger partial charge in [0.25, 0.3) is 0 Å². The summed E-state index contributed by atoms with van der Waals surface area (Å²) in [6.07, 6.45) is 3.75.